The quantitative estimate of drug-likeness (QED) is 0.763. The predicted molar refractivity (Wildman–Crippen MR) is 87.5 cm³/mol. The van der Waals surface area contributed by atoms with Crippen molar-refractivity contribution in [3.63, 3.8) is 0 Å². The molecular formula is C17H13N3OS. The molecule has 1 aromatic heterocycles. The van der Waals surface area contributed by atoms with Crippen LogP contribution in [0.25, 0.3) is 0 Å². The van der Waals surface area contributed by atoms with Crippen molar-refractivity contribution in [3.05, 3.63) is 71.3 Å². The Morgan fingerprint density at radius 1 is 1.05 bits per heavy atom. The minimum Gasteiger partial charge on any atom is -0.492 e. The zero-order chi connectivity index (χ0) is 15.4. The third-order valence-corrected chi connectivity index (χ3v) is 4.00. The fourth-order valence-corrected chi connectivity index (χ4v) is 2.80. The molecule has 0 unspecified atom stereocenters. The number of nitrogens with one attached hydrogen (secondary N) is 1. The van der Waals surface area contributed by atoms with Gasteiger partial charge < -0.3 is 10.4 Å². The molecular weight excluding hydrogens is 294 g/mol. The largest absolute Gasteiger partial charge is 0.492 e. The minimum atomic E-state index is -0.226. The van der Waals surface area contributed by atoms with Gasteiger partial charge in [0, 0.05) is 5.69 Å². The molecule has 2 aromatic carbocycles. The summed E-state index contributed by atoms with van der Waals surface area (Å²) in [4.78, 5) is 0. The second-order valence-electron chi connectivity index (χ2n) is 4.81. The van der Waals surface area contributed by atoms with Crippen LogP contribution >= 0.6 is 11.5 Å². The van der Waals surface area contributed by atoms with Crippen molar-refractivity contribution in [2.24, 2.45) is 0 Å². The first-order valence-electron chi connectivity index (χ1n) is 6.75. The third-order valence-electron chi connectivity index (χ3n) is 3.25. The number of benzene rings is 2. The molecule has 0 saturated carbocycles. The van der Waals surface area contributed by atoms with Crippen LogP contribution in [0.4, 0.5) is 10.7 Å². The molecule has 22 heavy (non-hydrogen) atoms. The average molecular weight is 307 g/mol. The van der Waals surface area contributed by atoms with E-state index in [-0.39, 0.29) is 11.4 Å². The predicted octanol–water partition coefficient (Wildman–Crippen LogP) is 4.05. The number of nitriles is 1. The smallest absolute Gasteiger partial charge is 0.243 e. The Morgan fingerprint density at radius 3 is 2.41 bits per heavy atom. The number of hydrogen-bond donors (Lipinski definition) is 2. The summed E-state index contributed by atoms with van der Waals surface area (Å²) >= 11 is 1.07. The molecule has 3 aromatic rings. The van der Waals surface area contributed by atoms with Gasteiger partial charge in [0.2, 0.25) is 5.88 Å². The van der Waals surface area contributed by atoms with Crippen LogP contribution in [0.5, 0.6) is 5.88 Å². The number of nitrogens with zero attached hydrogens (tertiary/aromatic N) is 2. The maximum Gasteiger partial charge on any atom is 0.243 e. The highest BCUT2D eigenvalue weighted by Gasteiger charge is 2.12. The van der Waals surface area contributed by atoms with Crippen LogP contribution in [0.1, 0.15) is 16.7 Å². The summed E-state index contributed by atoms with van der Waals surface area (Å²) in [5.41, 5.74) is 3.52. The average Bonchev–Trinajstić information content (AvgIpc) is 2.90. The van der Waals surface area contributed by atoms with E-state index in [2.05, 4.69) is 21.8 Å². The van der Waals surface area contributed by atoms with Gasteiger partial charge in [-0.1, -0.05) is 42.5 Å². The lowest BCUT2D eigenvalue weighted by molar-refractivity contribution is 0.458. The molecule has 0 saturated heterocycles. The summed E-state index contributed by atoms with van der Waals surface area (Å²) in [6.07, 6.45) is 0.881. The lowest BCUT2D eigenvalue weighted by Crippen LogP contribution is -1.92. The molecule has 3 rings (SSSR count). The van der Waals surface area contributed by atoms with E-state index in [1.165, 1.54) is 11.1 Å². The Labute approximate surface area is 132 Å². The van der Waals surface area contributed by atoms with Gasteiger partial charge in [-0.15, -0.1) is 0 Å². The highest BCUT2D eigenvalue weighted by molar-refractivity contribution is 7.10. The maximum absolute atomic E-state index is 9.45. The van der Waals surface area contributed by atoms with Crippen molar-refractivity contribution in [2.45, 2.75) is 6.42 Å². The minimum absolute atomic E-state index is 0.179. The number of anilines is 2. The molecule has 5 heteroatoms. The molecule has 108 valence electrons. The van der Waals surface area contributed by atoms with Crippen molar-refractivity contribution in [1.82, 2.24) is 4.37 Å². The molecule has 0 aliphatic heterocycles. The first-order chi connectivity index (χ1) is 10.8. The van der Waals surface area contributed by atoms with Gasteiger partial charge in [0.25, 0.3) is 0 Å². The Morgan fingerprint density at radius 2 is 1.73 bits per heavy atom. The van der Waals surface area contributed by atoms with Crippen LogP contribution in [0.15, 0.2) is 54.6 Å². The molecule has 0 aliphatic carbocycles. The summed E-state index contributed by atoms with van der Waals surface area (Å²) in [5.74, 6) is -0.226. The van der Waals surface area contributed by atoms with Crippen molar-refractivity contribution < 1.29 is 5.11 Å². The first-order valence-corrected chi connectivity index (χ1v) is 7.52. The summed E-state index contributed by atoms with van der Waals surface area (Å²) in [7, 11) is 0. The second-order valence-corrected chi connectivity index (χ2v) is 5.58. The van der Waals surface area contributed by atoms with Gasteiger partial charge in [-0.25, -0.2) is 0 Å². The first kappa shape index (κ1) is 14.1. The topological polar surface area (TPSA) is 68.9 Å². The molecule has 0 amide bonds. The molecule has 0 fully saturated rings. The monoisotopic (exact) mass is 307 g/mol. The Kier molecular flexibility index (Phi) is 4.03. The molecule has 0 bridgehead atoms. The standard InChI is InChI=1S/C17H13N3OS/c18-11-15-16(21)20-22-17(15)19-14-8-6-13(7-9-14)10-12-4-2-1-3-5-12/h1-9,19H,10H2,(H,20,21). The van der Waals surface area contributed by atoms with Gasteiger partial charge in [-0.3, -0.25) is 0 Å². The van der Waals surface area contributed by atoms with E-state index in [1.54, 1.807) is 0 Å². The number of rotatable bonds is 4. The fourth-order valence-electron chi connectivity index (χ4n) is 2.14. The van der Waals surface area contributed by atoms with Crippen LogP contribution in [-0.2, 0) is 6.42 Å². The van der Waals surface area contributed by atoms with Crippen LogP contribution < -0.4 is 5.32 Å². The third kappa shape index (κ3) is 3.08. The molecule has 0 atom stereocenters. The molecule has 0 radical (unpaired) electrons. The number of aromatic hydroxyl groups is 1. The maximum atomic E-state index is 9.45. The SMILES string of the molecule is N#Cc1c(O)nsc1Nc1ccc(Cc2ccccc2)cc1. The van der Waals surface area contributed by atoms with E-state index in [0.29, 0.717) is 5.00 Å². The van der Waals surface area contributed by atoms with Gasteiger partial charge in [0.1, 0.15) is 11.1 Å². The van der Waals surface area contributed by atoms with Crippen molar-refractivity contribution in [2.75, 3.05) is 5.32 Å². The highest BCUT2D eigenvalue weighted by atomic mass is 32.1. The Hall–Kier alpha value is -2.84. The number of hydrogen-bond acceptors (Lipinski definition) is 5. The highest BCUT2D eigenvalue weighted by Crippen LogP contribution is 2.31. The van der Waals surface area contributed by atoms with E-state index in [0.717, 1.165) is 23.6 Å². The lowest BCUT2D eigenvalue weighted by Gasteiger charge is -2.06. The summed E-state index contributed by atoms with van der Waals surface area (Å²) in [5, 5.41) is 22.1. The van der Waals surface area contributed by atoms with E-state index in [4.69, 9.17) is 5.26 Å². The summed E-state index contributed by atoms with van der Waals surface area (Å²) < 4.78 is 3.77. The zero-order valence-corrected chi connectivity index (χ0v) is 12.5. The lowest BCUT2D eigenvalue weighted by atomic mass is 10.0. The van der Waals surface area contributed by atoms with Gasteiger partial charge in [0.15, 0.2) is 5.56 Å². The van der Waals surface area contributed by atoms with Crippen LogP contribution in [0.2, 0.25) is 0 Å². The van der Waals surface area contributed by atoms with Crippen molar-refractivity contribution >= 4 is 22.2 Å². The summed E-state index contributed by atoms with van der Waals surface area (Å²) in [6.45, 7) is 0. The van der Waals surface area contributed by atoms with Gasteiger partial charge in [-0.2, -0.15) is 9.64 Å². The van der Waals surface area contributed by atoms with Crippen LogP contribution in [0.3, 0.4) is 0 Å². The fraction of sp³-hybridized carbons (Fsp3) is 0.0588. The Balaban J connectivity index is 1.73. The molecule has 1 heterocycles. The molecule has 4 nitrogen and oxygen atoms in total. The van der Waals surface area contributed by atoms with E-state index in [9.17, 15) is 5.11 Å². The molecule has 2 N–H and O–H groups in total. The zero-order valence-electron chi connectivity index (χ0n) is 11.7. The van der Waals surface area contributed by atoms with E-state index >= 15 is 0 Å². The van der Waals surface area contributed by atoms with Gasteiger partial charge in [0.05, 0.1) is 0 Å². The Bertz CT molecular complexity index is 804. The molecule has 0 spiro atoms. The van der Waals surface area contributed by atoms with Crippen molar-refractivity contribution in [3.8, 4) is 11.9 Å². The summed E-state index contributed by atoms with van der Waals surface area (Å²) in [6, 6.07) is 20.2. The molecule has 0 aliphatic rings. The van der Waals surface area contributed by atoms with E-state index in [1.807, 2.05) is 48.5 Å². The number of aromatic nitrogens is 1. The van der Waals surface area contributed by atoms with Crippen molar-refractivity contribution in [1.29, 1.82) is 5.26 Å². The van der Waals surface area contributed by atoms with Crippen LogP contribution in [0, 0.1) is 11.3 Å². The van der Waals surface area contributed by atoms with E-state index < -0.39 is 0 Å². The van der Waals surface area contributed by atoms with Crippen LogP contribution in [-0.4, -0.2) is 9.48 Å². The second kappa shape index (κ2) is 6.29. The van der Waals surface area contributed by atoms with Gasteiger partial charge in [-0.05, 0) is 41.2 Å². The van der Waals surface area contributed by atoms with Gasteiger partial charge >= 0.3 is 0 Å². The normalized spacial score (nSPS) is 10.1.